The van der Waals surface area contributed by atoms with Crippen molar-refractivity contribution in [2.45, 2.75) is 33.7 Å². The Balaban J connectivity index is 0.00000288. The van der Waals surface area contributed by atoms with Gasteiger partial charge in [-0.05, 0) is 31.4 Å². The molecule has 0 atom stereocenters. The summed E-state index contributed by atoms with van der Waals surface area (Å²) < 4.78 is 1.96. The Morgan fingerprint density at radius 2 is 1.96 bits per heavy atom. The molecule has 0 amide bonds. The second-order valence-electron chi connectivity index (χ2n) is 5.76. The van der Waals surface area contributed by atoms with Gasteiger partial charge in [-0.2, -0.15) is 0 Å². The normalized spacial score (nSPS) is 11.2. The Morgan fingerprint density at radius 1 is 1.21 bits per heavy atom. The van der Waals surface area contributed by atoms with Gasteiger partial charge in [0.05, 0.1) is 0 Å². The van der Waals surface area contributed by atoms with Gasteiger partial charge in [-0.15, -0.1) is 34.2 Å². The standard InChI is InChI=1S/C17H26N6.HI/c1-4-18-17(19-11-10-14(2)3)20-12-16-22-21-13-23(16)15-8-6-5-7-9-15;/h5-9,13-14H,4,10-12H2,1-3H3,(H2,18,19,20);1H. The molecule has 1 aromatic heterocycles. The quantitative estimate of drug-likeness (QED) is 0.393. The third-order valence-corrected chi connectivity index (χ3v) is 3.39. The second-order valence-corrected chi connectivity index (χ2v) is 5.76. The van der Waals surface area contributed by atoms with E-state index in [1.54, 1.807) is 6.33 Å². The van der Waals surface area contributed by atoms with Crippen LogP contribution < -0.4 is 10.6 Å². The molecule has 24 heavy (non-hydrogen) atoms. The van der Waals surface area contributed by atoms with Gasteiger partial charge in [0.15, 0.2) is 11.8 Å². The van der Waals surface area contributed by atoms with E-state index >= 15 is 0 Å². The zero-order valence-electron chi connectivity index (χ0n) is 14.6. The van der Waals surface area contributed by atoms with Gasteiger partial charge in [0.1, 0.15) is 12.9 Å². The van der Waals surface area contributed by atoms with Crippen LogP contribution in [0.1, 0.15) is 33.0 Å². The SMILES string of the molecule is CCNC(=NCc1nncn1-c1ccccc1)NCCC(C)C.I. The van der Waals surface area contributed by atoms with Crippen LogP contribution in [0.4, 0.5) is 0 Å². The molecule has 0 unspecified atom stereocenters. The summed E-state index contributed by atoms with van der Waals surface area (Å²) in [5, 5.41) is 14.8. The fourth-order valence-corrected chi connectivity index (χ4v) is 2.14. The number of hydrogen-bond donors (Lipinski definition) is 2. The van der Waals surface area contributed by atoms with E-state index in [0.29, 0.717) is 12.5 Å². The maximum Gasteiger partial charge on any atom is 0.191 e. The van der Waals surface area contributed by atoms with E-state index in [1.165, 1.54) is 0 Å². The van der Waals surface area contributed by atoms with Gasteiger partial charge in [-0.3, -0.25) is 4.57 Å². The Labute approximate surface area is 161 Å². The molecule has 0 spiro atoms. The van der Waals surface area contributed by atoms with Crippen molar-refractivity contribution in [3.05, 3.63) is 42.5 Å². The van der Waals surface area contributed by atoms with Crippen molar-refractivity contribution in [2.75, 3.05) is 13.1 Å². The fraction of sp³-hybridized carbons (Fsp3) is 0.471. The summed E-state index contributed by atoms with van der Waals surface area (Å²) in [5.41, 5.74) is 1.04. The van der Waals surface area contributed by atoms with E-state index in [1.807, 2.05) is 34.9 Å². The highest BCUT2D eigenvalue weighted by Crippen LogP contribution is 2.09. The molecule has 0 aliphatic carbocycles. The van der Waals surface area contributed by atoms with Crippen molar-refractivity contribution in [3.63, 3.8) is 0 Å². The number of benzene rings is 1. The zero-order chi connectivity index (χ0) is 16.5. The summed E-state index contributed by atoms with van der Waals surface area (Å²) in [5.74, 6) is 2.31. The monoisotopic (exact) mass is 442 g/mol. The first-order valence-electron chi connectivity index (χ1n) is 8.17. The highest BCUT2D eigenvalue weighted by Gasteiger charge is 2.06. The number of rotatable bonds is 7. The van der Waals surface area contributed by atoms with E-state index in [4.69, 9.17) is 0 Å². The molecule has 0 bridgehead atoms. The second kappa shape index (κ2) is 11.0. The predicted octanol–water partition coefficient (Wildman–Crippen LogP) is 2.99. The third-order valence-electron chi connectivity index (χ3n) is 3.39. The Morgan fingerprint density at radius 3 is 2.62 bits per heavy atom. The lowest BCUT2D eigenvalue weighted by atomic mass is 10.1. The van der Waals surface area contributed by atoms with Gasteiger partial charge in [0, 0.05) is 18.8 Å². The van der Waals surface area contributed by atoms with Crippen LogP contribution in [0, 0.1) is 5.92 Å². The Kier molecular flexibility index (Phi) is 9.36. The minimum absolute atomic E-state index is 0. The van der Waals surface area contributed by atoms with E-state index < -0.39 is 0 Å². The third kappa shape index (κ3) is 6.46. The van der Waals surface area contributed by atoms with Crippen LogP contribution in [0.2, 0.25) is 0 Å². The van der Waals surface area contributed by atoms with E-state index in [9.17, 15) is 0 Å². The molecule has 0 fully saturated rings. The number of nitrogens with one attached hydrogen (secondary N) is 2. The largest absolute Gasteiger partial charge is 0.357 e. The van der Waals surface area contributed by atoms with Crippen molar-refractivity contribution in [2.24, 2.45) is 10.9 Å². The fourth-order valence-electron chi connectivity index (χ4n) is 2.14. The molecular formula is C17H27IN6. The Hall–Kier alpha value is -1.64. The summed E-state index contributed by atoms with van der Waals surface area (Å²) >= 11 is 0. The van der Waals surface area contributed by atoms with E-state index in [-0.39, 0.29) is 24.0 Å². The summed E-state index contributed by atoms with van der Waals surface area (Å²) in [6.45, 7) is 8.72. The van der Waals surface area contributed by atoms with E-state index in [2.05, 4.69) is 46.6 Å². The van der Waals surface area contributed by atoms with Gasteiger partial charge >= 0.3 is 0 Å². The highest BCUT2D eigenvalue weighted by molar-refractivity contribution is 14.0. The predicted molar refractivity (Wildman–Crippen MR) is 109 cm³/mol. The van der Waals surface area contributed by atoms with Crippen LogP contribution in [-0.2, 0) is 6.54 Å². The first kappa shape index (κ1) is 20.4. The van der Waals surface area contributed by atoms with Gasteiger partial charge in [0.25, 0.3) is 0 Å². The molecule has 1 heterocycles. The molecule has 0 aliphatic heterocycles. The summed E-state index contributed by atoms with van der Waals surface area (Å²) in [6.07, 6.45) is 2.84. The van der Waals surface area contributed by atoms with Crippen molar-refractivity contribution in [3.8, 4) is 5.69 Å². The molecule has 132 valence electrons. The van der Waals surface area contributed by atoms with Crippen molar-refractivity contribution < 1.29 is 0 Å². The number of halogens is 1. The van der Waals surface area contributed by atoms with Crippen molar-refractivity contribution in [1.29, 1.82) is 0 Å². The number of nitrogens with zero attached hydrogens (tertiary/aromatic N) is 4. The maximum absolute atomic E-state index is 4.61. The van der Waals surface area contributed by atoms with Crippen LogP contribution in [0.3, 0.4) is 0 Å². The van der Waals surface area contributed by atoms with Crippen LogP contribution >= 0.6 is 24.0 Å². The molecule has 7 heteroatoms. The molecule has 0 aliphatic rings. The van der Waals surface area contributed by atoms with Crippen LogP contribution in [0.25, 0.3) is 5.69 Å². The van der Waals surface area contributed by atoms with Crippen LogP contribution in [0.15, 0.2) is 41.7 Å². The first-order chi connectivity index (χ1) is 11.2. The van der Waals surface area contributed by atoms with Crippen molar-refractivity contribution in [1.82, 2.24) is 25.4 Å². The molecule has 2 rings (SSSR count). The van der Waals surface area contributed by atoms with Crippen LogP contribution in [-0.4, -0.2) is 33.8 Å². The van der Waals surface area contributed by atoms with Crippen LogP contribution in [0.5, 0.6) is 0 Å². The number of para-hydroxylation sites is 1. The summed E-state index contributed by atoms with van der Waals surface area (Å²) in [6, 6.07) is 10.1. The molecule has 0 saturated heterocycles. The van der Waals surface area contributed by atoms with E-state index in [0.717, 1.165) is 37.0 Å². The maximum atomic E-state index is 4.61. The van der Waals surface area contributed by atoms with Gasteiger partial charge in [0.2, 0.25) is 0 Å². The first-order valence-corrected chi connectivity index (χ1v) is 8.17. The molecular weight excluding hydrogens is 415 g/mol. The molecule has 2 aromatic rings. The lowest BCUT2D eigenvalue weighted by Crippen LogP contribution is -2.38. The minimum Gasteiger partial charge on any atom is -0.357 e. The molecule has 0 radical (unpaired) electrons. The Bertz CT molecular complexity index is 609. The molecule has 1 aromatic carbocycles. The zero-order valence-corrected chi connectivity index (χ0v) is 16.9. The average Bonchev–Trinajstić information content (AvgIpc) is 3.01. The number of aromatic nitrogens is 3. The average molecular weight is 442 g/mol. The molecule has 6 nitrogen and oxygen atoms in total. The number of hydrogen-bond acceptors (Lipinski definition) is 3. The van der Waals surface area contributed by atoms with Gasteiger partial charge in [-0.25, -0.2) is 4.99 Å². The summed E-state index contributed by atoms with van der Waals surface area (Å²) in [4.78, 5) is 4.61. The lowest BCUT2D eigenvalue weighted by molar-refractivity contribution is 0.573. The molecule has 0 saturated carbocycles. The highest BCUT2D eigenvalue weighted by atomic mass is 127. The van der Waals surface area contributed by atoms with Gasteiger partial charge in [-0.1, -0.05) is 32.0 Å². The van der Waals surface area contributed by atoms with Gasteiger partial charge < -0.3 is 10.6 Å². The number of guanidine groups is 1. The molecule has 2 N–H and O–H groups in total. The lowest BCUT2D eigenvalue weighted by Gasteiger charge is -2.12. The number of aliphatic imine (C=N–C) groups is 1. The topological polar surface area (TPSA) is 67.1 Å². The van der Waals surface area contributed by atoms with Crippen molar-refractivity contribution >= 4 is 29.9 Å². The summed E-state index contributed by atoms with van der Waals surface area (Å²) in [7, 11) is 0. The smallest absolute Gasteiger partial charge is 0.191 e. The minimum atomic E-state index is 0.